The summed E-state index contributed by atoms with van der Waals surface area (Å²) < 4.78 is 0. The van der Waals surface area contributed by atoms with E-state index < -0.39 is 0 Å². The molecule has 2 N–H and O–H groups in total. The fraction of sp³-hybridized carbons (Fsp3) is 0.769. The maximum absolute atomic E-state index is 5.65. The first-order chi connectivity index (χ1) is 8.69. The molecule has 1 heterocycles. The lowest BCUT2D eigenvalue weighted by atomic mass is 10.3. The number of nitrogen functional groups attached to an aromatic ring is 1. The van der Waals surface area contributed by atoms with E-state index in [-0.39, 0.29) is 0 Å². The van der Waals surface area contributed by atoms with Gasteiger partial charge in [0.15, 0.2) is 5.13 Å². The zero-order valence-corrected chi connectivity index (χ0v) is 12.7. The van der Waals surface area contributed by atoms with Gasteiger partial charge in [-0.1, -0.05) is 20.8 Å². The molecule has 0 radical (unpaired) electrons. The van der Waals surface area contributed by atoms with Crippen molar-refractivity contribution in [2.75, 3.05) is 38.5 Å². The average Bonchev–Trinajstić information content (AvgIpc) is 2.78. The normalized spacial score (nSPS) is 11.6. The number of thiazole rings is 1. The summed E-state index contributed by atoms with van der Waals surface area (Å²) in [7, 11) is 0. The molecular weight excluding hydrogens is 244 g/mol. The van der Waals surface area contributed by atoms with Gasteiger partial charge in [-0.3, -0.25) is 4.90 Å². The van der Waals surface area contributed by atoms with Gasteiger partial charge in [0.25, 0.3) is 0 Å². The maximum Gasteiger partial charge on any atom is 0.180 e. The van der Waals surface area contributed by atoms with Crippen LogP contribution in [0.15, 0.2) is 5.38 Å². The van der Waals surface area contributed by atoms with E-state index in [9.17, 15) is 0 Å². The average molecular weight is 270 g/mol. The van der Waals surface area contributed by atoms with Crippen LogP contribution in [0.5, 0.6) is 0 Å². The van der Waals surface area contributed by atoms with Crippen molar-refractivity contribution in [1.82, 2.24) is 14.8 Å². The van der Waals surface area contributed by atoms with Crippen molar-refractivity contribution in [2.45, 2.75) is 33.7 Å². The highest BCUT2D eigenvalue weighted by Gasteiger charge is 2.07. The Labute approximate surface area is 115 Å². The Kier molecular flexibility index (Phi) is 7.23. The smallest absolute Gasteiger partial charge is 0.180 e. The Balaban J connectivity index is 2.29. The minimum absolute atomic E-state index is 0.671. The Hall–Kier alpha value is -0.650. The molecule has 0 unspecified atom stereocenters. The summed E-state index contributed by atoms with van der Waals surface area (Å²) in [5, 5.41) is 2.73. The molecule has 1 rings (SSSR count). The van der Waals surface area contributed by atoms with E-state index in [0.717, 1.165) is 38.4 Å². The van der Waals surface area contributed by atoms with Crippen molar-refractivity contribution in [3.63, 3.8) is 0 Å². The third-order valence-electron chi connectivity index (χ3n) is 3.25. The van der Waals surface area contributed by atoms with Crippen LogP contribution in [0.2, 0.25) is 0 Å². The van der Waals surface area contributed by atoms with Crippen LogP contribution < -0.4 is 5.73 Å². The molecule has 0 bridgehead atoms. The summed E-state index contributed by atoms with van der Waals surface area (Å²) in [6.45, 7) is 13.2. The Morgan fingerprint density at radius 1 is 1.11 bits per heavy atom. The van der Waals surface area contributed by atoms with E-state index in [4.69, 9.17) is 5.73 Å². The second-order valence-electron chi connectivity index (χ2n) is 4.43. The molecule has 0 saturated heterocycles. The summed E-state index contributed by atoms with van der Waals surface area (Å²) >= 11 is 1.52. The highest BCUT2D eigenvalue weighted by Crippen LogP contribution is 2.13. The van der Waals surface area contributed by atoms with Crippen molar-refractivity contribution in [3.8, 4) is 0 Å². The Morgan fingerprint density at radius 2 is 1.72 bits per heavy atom. The van der Waals surface area contributed by atoms with E-state index in [1.54, 1.807) is 0 Å². The summed E-state index contributed by atoms with van der Waals surface area (Å²) in [4.78, 5) is 9.21. The molecule has 0 aliphatic carbocycles. The molecule has 0 aromatic carbocycles. The number of nitrogens with two attached hydrogens (primary N) is 1. The fourth-order valence-electron chi connectivity index (χ4n) is 2.03. The number of hydrogen-bond acceptors (Lipinski definition) is 5. The van der Waals surface area contributed by atoms with E-state index in [0.29, 0.717) is 5.13 Å². The van der Waals surface area contributed by atoms with E-state index in [1.165, 1.54) is 24.3 Å². The zero-order valence-electron chi connectivity index (χ0n) is 11.9. The predicted molar refractivity (Wildman–Crippen MR) is 79.9 cm³/mol. The molecule has 1 aromatic heterocycles. The van der Waals surface area contributed by atoms with Crippen LogP contribution in [0.1, 0.15) is 32.9 Å². The van der Waals surface area contributed by atoms with Gasteiger partial charge in [0.1, 0.15) is 0 Å². The lowest BCUT2D eigenvalue weighted by molar-refractivity contribution is 0.237. The summed E-state index contributed by atoms with van der Waals surface area (Å²) in [6.07, 6.45) is 1.22. The zero-order chi connectivity index (χ0) is 13.4. The molecule has 0 amide bonds. The molecular formula is C13H26N4S. The maximum atomic E-state index is 5.65. The number of hydrogen-bond donors (Lipinski definition) is 1. The first-order valence-corrected chi connectivity index (χ1v) is 7.72. The van der Waals surface area contributed by atoms with Gasteiger partial charge in [0, 0.05) is 11.9 Å². The lowest BCUT2D eigenvalue weighted by Gasteiger charge is -2.22. The predicted octanol–water partition coefficient (Wildman–Crippen LogP) is 2.28. The van der Waals surface area contributed by atoms with Gasteiger partial charge in [0.2, 0.25) is 0 Å². The molecule has 0 aliphatic rings. The van der Waals surface area contributed by atoms with Gasteiger partial charge in [0.05, 0.1) is 5.69 Å². The van der Waals surface area contributed by atoms with Crippen molar-refractivity contribution in [2.24, 2.45) is 0 Å². The molecule has 4 nitrogen and oxygen atoms in total. The third kappa shape index (κ3) is 5.33. The molecule has 0 fully saturated rings. The molecule has 104 valence electrons. The molecule has 5 heteroatoms. The number of anilines is 1. The Bertz CT molecular complexity index is 323. The van der Waals surface area contributed by atoms with Crippen LogP contribution in [-0.2, 0) is 6.54 Å². The van der Waals surface area contributed by atoms with Crippen LogP contribution in [-0.4, -0.2) is 47.5 Å². The topological polar surface area (TPSA) is 45.4 Å². The first kappa shape index (κ1) is 15.4. The van der Waals surface area contributed by atoms with Crippen molar-refractivity contribution in [1.29, 1.82) is 0 Å². The molecule has 18 heavy (non-hydrogen) atoms. The molecule has 0 atom stereocenters. The quantitative estimate of drug-likeness (QED) is 0.748. The summed E-state index contributed by atoms with van der Waals surface area (Å²) in [6, 6.07) is 0. The second kappa shape index (κ2) is 8.45. The summed E-state index contributed by atoms with van der Waals surface area (Å²) in [5.74, 6) is 0. The molecule has 0 spiro atoms. The minimum Gasteiger partial charge on any atom is -0.375 e. The van der Waals surface area contributed by atoms with Gasteiger partial charge in [-0.05, 0) is 39.1 Å². The highest BCUT2D eigenvalue weighted by atomic mass is 32.1. The monoisotopic (exact) mass is 270 g/mol. The molecule has 1 aromatic rings. The second-order valence-corrected chi connectivity index (χ2v) is 5.32. The van der Waals surface area contributed by atoms with Gasteiger partial charge in [-0.25, -0.2) is 4.98 Å². The van der Waals surface area contributed by atoms with Crippen LogP contribution in [0.25, 0.3) is 0 Å². The van der Waals surface area contributed by atoms with Crippen LogP contribution >= 0.6 is 11.3 Å². The molecule has 0 saturated carbocycles. The fourth-order valence-corrected chi connectivity index (χ4v) is 2.59. The van der Waals surface area contributed by atoms with Gasteiger partial charge in [-0.2, -0.15) is 0 Å². The standard InChI is InChI=1S/C13H26N4S/c1-4-16(5-2)8-7-9-17(6-3)10-12-11-18-13(14)15-12/h11H,4-10H2,1-3H3,(H2,14,15). The van der Waals surface area contributed by atoms with Crippen molar-refractivity contribution in [3.05, 3.63) is 11.1 Å². The number of nitrogens with zero attached hydrogens (tertiary/aromatic N) is 3. The first-order valence-electron chi connectivity index (χ1n) is 6.84. The van der Waals surface area contributed by atoms with E-state index in [2.05, 4.69) is 40.9 Å². The minimum atomic E-state index is 0.671. The van der Waals surface area contributed by atoms with Crippen LogP contribution in [0.3, 0.4) is 0 Å². The largest absolute Gasteiger partial charge is 0.375 e. The number of rotatable bonds is 9. The molecule has 0 aliphatic heterocycles. The van der Waals surface area contributed by atoms with Crippen molar-refractivity contribution >= 4 is 16.5 Å². The van der Waals surface area contributed by atoms with Crippen LogP contribution in [0, 0.1) is 0 Å². The number of aromatic nitrogens is 1. The highest BCUT2D eigenvalue weighted by molar-refractivity contribution is 7.13. The Morgan fingerprint density at radius 3 is 2.22 bits per heavy atom. The third-order valence-corrected chi connectivity index (χ3v) is 3.97. The van der Waals surface area contributed by atoms with Crippen LogP contribution in [0.4, 0.5) is 5.13 Å². The van der Waals surface area contributed by atoms with Gasteiger partial charge in [-0.15, -0.1) is 11.3 Å². The lowest BCUT2D eigenvalue weighted by Crippen LogP contribution is -2.29. The van der Waals surface area contributed by atoms with E-state index >= 15 is 0 Å². The SMILES string of the molecule is CCN(CC)CCCN(CC)Cc1csc(N)n1. The van der Waals surface area contributed by atoms with Crippen molar-refractivity contribution < 1.29 is 0 Å². The van der Waals surface area contributed by atoms with Gasteiger partial charge < -0.3 is 10.6 Å². The summed E-state index contributed by atoms with van der Waals surface area (Å²) in [5.41, 5.74) is 6.75. The van der Waals surface area contributed by atoms with E-state index in [1.807, 2.05) is 0 Å². The van der Waals surface area contributed by atoms with Gasteiger partial charge >= 0.3 is 0 Å².